The van der Waals surface area contributed by atoms with Crippen LogP contribution in [-0.4, -0.2) is 35.2 Å². The van der Waals surface area contributed by atoms with E-state index >= 15 is 0 Å². The van der Waals surface area contributed by atoms with Crippen LogP contribution >= 0.6 is 0 Å². The fourth-order valence-corrected chi connectivity index (χ4v) is 5.04. The fourth-order valence-electron chi connectivity index (χ4n) is 5.04. The van der Waals surface area contributed by atoms with Crippen molar-refractivity contribution in [1.82, 2.24) is 4.90 Å². The lowest BCUT2D eigenvalue weighted by molar-refractivity contribution is -0.00681. The van der Waals surface area contributed by atoms with Crippen LogP contribution in [0.15, 0.2) is 54.6 Å². The maximum absolute atomic E-state index is 13.1. The van der Waals surface area contributed by atoms with Gasteiger partial charge in [0.15, 0.2) is 0 Å². The molecule has 1 unspecified atom stereocenters. The first kappa shape index (κ1) is 18.6. The molecule has 4 rings (SSSR count). The van der Waals surface area contributed by atoms with Gasteiger partial charge in [-0.2, -0.15) is 0 Å². The first-order valence-electron chi connectivity index (χ1n) is 10.4. The van der Waals surface area contributed by atoms with Crippen molar-refractivity contribution in [3.05, 3.63) is 71.5 Å². The number of aliphatic hydroxyl groups excluding tert-OH is 1. The van der Waals surface area contributed by atoms with E-state index in [0.29, 0.717) is 11.8 Å². The molecule has 1 saturated heterocycles. The van der Waals surface area contributed by atoms with Crippen molar-refractivity contribution in [1.29, 1.82) is 0 Å². The average Bonchev–Trinajstić information content (AvgIpc) is 2.72. The molecule has 0 amide bonds. The zero-order chi connectivity index (χ0) is 18.6. The Morgan fingerprint density at radius 2 is 1.59 bits per heavy atom. The Morgan fingerprint density at radius 1 is 0.889 bits per heavy atom. The second-order valence-electron chi connectivity index (χ2n) is 8.37. The van der Waals surface area contributed by atoms with Gasteiger partial charge in [0.1, 0.15) is 5.82 Å². The minimum Gasteiger partial charge on any atom is -0.391 e. The summed E-state index contributed by atoms with van der Waals surface area (Å²) in [5.74, 6) is 1.06. The highest BCUT2D eigenvalue weighted by Gasteiger charge is 2.35. The number of likely N-dealkylation sites (tertiary alicyclic amines) is 1. The van der Waals surface area contributed by atoms with Crippen LogP contribution in [0.25, 0.3) is 0 Å². The van der Waals surface area contributed by atoms with Crippen LogP contribution in [0.1, 0.15) is 49.1 Å². The zero-order valence-electron chi connectivity index (χ0n) is 15.9. The van der Waals surface area contributed by atoms with Gasteiger partial charge in [0.2, 0.25) is 0 Å². The molecule has 2 aromatic carbocycles. The van der Waals surface area contributed by atoms with Crippen molar-refractivity contribution in [2.24, 2.45) is 5.92 Å². The van der Waals surface area contributed by atoms with E-state index in [9.17, 15) is 9.50 Å². The molecule has 27 heavy (non-hydrogen) atoms. The molecule has 3 atom stereocenters. The standard InChI is InChI=1S/C24H30FNO/c25-22-9-6-18(7-10-22)16-19-8-11-24(27)23(17-19)26-14-12-21(13-15-26)20-4-2-1-3-5-20/h1-7,9-10,19,21,23-24,27H,8,11-17H2/t19?,23-,24-/m1/s1/i25-1. The molecule has 1 heterocycles. The molecule has 1 saturated carbocycles. The first-order valence-corrected chi connectivity index (χ1v) is 10.4. The largest absolute Gasteiger partial charge is 0.391 e. The molecule has 0 aromatic heterocycles. The minimum absolute atomic E-state index is 0.169. The number of halogens is 1. The molecule has 2 aromatic rings. The third kappa shape index (κ3) is 4.59. The van der Waals surface area contributed by atoms with Gasteiger partial charge in [-0.15, -0.1) is 0 Å². The molecular weight excluding hydrogens is 336 g/mol. The number of nitrogens with zero attached hydrogens (tertiary/aromatic N) is 1. The molecule has 1 aliphatic carbocycles. The summed E-state index contributed by atoms with van der Waals surface area (Å²) in [5, 5.41) is 10.6. The van der Waals surface area contributed by atoms with Gasteiger partial charge in [-0.25, -0.2) is 4.39 Å². The Kier molecular flexibility index (Phi) is 5.89. The molecule has 0 bridgehead atoms. The average molecular weight is 367 g/mol. The Balaban J connectivity index is 1.34. The van der Waals surface area contributed by atoms with Crippen LogP contribution in [0.4, 0.5) is 4.39 Å². The zero-order valence-corrected chi connectivity index (χ0v) is 15.9. The topological polar surface area (TPSA) is 23.5 Å². The maximum Gasteiger partial charge on any atom is 0.123 e. The van der Waals surface area contributed by atoms with Crippen LogP contribution in [-0.2, 0) is 6.42 Å². The monoisotopic (exact) mass is 366 g/mol. The van der Waals surface area contributed by atoms with E-state index in [0.717, 1.165) is 38.8 Å². The van der Waals surface area contributed by atoms with E-state index in [1.165, 1.54) is 24.0 Å². The van der Waals surface area contributed by atoms with Crippen molar-refractivity contribution in [2.75, 3.05) is 13.1 Å². The SMILES string of the molecule is O[C@@H]1CCC(Cc2ccc([18F])cc2)C[C@H]1N1CCC(c2ccccc2)CC1. The van der Waals surface area contributed by atoms with Crippen LogP contribution in [0.5, 0.6) is 0 Å². The third-order valence-corrected chi connectivity index (χ3v) is 6.60. The Bertz CT molecular complexity index is 709. The van der Waals surface area contributed by atoms with E-state index in [2.05, 4.69) is 35.2 Å². The summed E-state index contributed by atoms with van der Waals surface area (Å²) < 4.78 is 13.1. The van der Waals surface area contributed by atoms with E-state index < -0.39 is 0 Å². The molecule has 2 fully saturated rings. The fraction of sp³-hybridized carbons (Fsp3) is 0.500. The van der Waals surface area contributed by atoms with Crippen molar-refractivity contribution >= 4 is 0 Å². The molecule has 0 spiro atoms. The predicted molar refractivity (Wildman–Crippen MR) is 107 cm³/mol. The summed E-state index contributed by atoms with van der Waals surface area (Å²) >= 11 is 0. The molecule has 1 aliphatic heterocycles. The molecular formula is C24H30FNO. The van der Waals surface area contributed by atoms with Gasteiger partial charge in [0.05, 0.1) is 6.10 Å². The summed E-state index contributed by atoms with van der Waals surface area (Å²) in [6, 6.07) is 18.0. The van der Waals surface area contributed by atoms with Crippen molar-refractivity contribution in [2.45, 2.75) is 56.6 Å². The lowest BCUT2D eigenvalue weighted by Crippen LogP contribution is -2.50. The van der Waals surface area contributed by atoms with Gasteiger partial charge in [-0.1, -0.05) is 42.5 Å². The van der Waals surface area contributed by atoms with Crippen molar-refractivity contribution in [3.8, 4) is 0 Å². The van der Waals surface area contributed by atoms with Crippen LogP contribution in [0, 0.1) is 11.7 Å². The summed E-state index contributed by atoms with van der Waals surface area (Å²) in [6.45, 7) is 2.15. The molecule has 144 valence electrons. The summed E-state index contributed by atoms with van der Waals surface area (Å²) in [4.78, 5) is 2.53. The van der Waals surface area contributed by atoms with Crippen LogP contribution in [0.2, 0.25) is 0 Å². The lowest BCUT2D eigenvalue weighted by Gasteiger charge is -2.44. The number of hydrogen-bond acceptors (Lipinski definition) is 2. The molecule has 2 aliphatic rings. The highest BCUT2D eigenvalue weighted by atomic mass is 18.2. The highest BCUT2D eigenvalue weighted by molar-refractivity contribution is 5.20. The van der Waals surface area contributed by atoms with Gasteiger partial charge in [-0.05, 0) is 86.7 Å². The van der Waals surface area contributed by atoms with E-state index in [-0.39, 0.29) is 18.0 Å². The quantitative estimate of drug-likeness (QED) is 0.842. The summed E-state index contributed by atoms with van der Waals surface area (Å²) in [6.07, 6.45) is 6.14. The van der Waals surface area contributed by atoms with Crippen LogP contribution in [0.3, 0.4) is 0 Å². The number of hydrogen-bond donors (Lipinski definition) is 1. The van der Waals surface area contributed by atoms with Gasteiger partial charge in [0, 0.05) is 6.04 Å². The van der Waals surface area contributed by atoms with Crippen molar-refractivity contribution in [3.63, 3.8) is 0 Å². The Hall–Kier alpha value is -1.71. The molecule has 0 radical (unpaired) electrons. The predicted octanol–water partition coefficient (Wildman–Crippen LogP) is 4.78. The normalized spacial score (nSPS) is 27.6. The second kappa shape index (κ2) is 8.53. The van der Waals surface area contributed by atoms with Gasteiger partial charge < -0.3 is 5.11 Å². The number of aliphatic hydroxyl groups is 1. The molecule has 2 nitrogen and oxygen atoms in total. The molecule has 1 N–H and O–H groups in total. The first-order chi connectivity index (χ1) is 13.2. The number of piperidine rings is 1. The smallest absolute Gasteiger partial charge is 0.123 e. The maximum atomic E-state index is 13.1. The summed E-state index contributed by atoms with van der Waals surface area (Å²) in [5.41, 5.74) is 2.66. The second-order valence-corrected chi connectivity index (χ2v) is 8.37. The van der Waals surface area contributed by atoms with Gasteiger partial charge >= 0.3 is 0 Å². The van der Waals surface area contributed by atoms with Crippen LogP contribution < -0.4 is 0 Å². The van der Waals surface area contributed by atoms with Crippen molar-refractivity contribution < 1.29 is 9.50 Å². The molecule has 3 heteroatoms. The highest BCUT2D eigenvalue weighted by Crippen LogP contribution is 2.35. The number of rotatable bonds is 4. The third-order valence-electron chi connectivity index (χ3n) is 6.60. The Labute approximate surface area is 162 Å². The van der Waals surface area contributed by atoms with E-state index in [4.69, 9.17) is 0 Å². The van der Waals surface area contributed by atoms with E-state index in [1.807, 2.05) is 12.1 Å². The minimum atomic E-state index is -0.206. The number of benzene rings is 2. The Morgan fingerprint density at radius 3 is 2.30 bits per heavy atom. The lowest BCUT2D eigenvalue weighted by atomic mass is 9.78. The van der Waals surface area contributed by atoms with Gasteiger partial charge in [0.25, 0.3) is 0 Å². The van der Waals surface area contributed by atoms with Gasteiger partial charge in [-0.3, -0.25) is 4.90 Å². The summed E-state index contributed by atoms with van der Waals surface area (Å²) in [7, 11) is 0. The van der Waals surface area contributed by atoms with E-state index in [1.54, 1.807) is 12.1 Å².